The van der Waals surface area contributed by atoms with E-state index in [2.05, 4.69) is 73.7 Å². The van der Waals surface area contributed by atoms with Crippen molar-refractivity contribution in [2.45, 2.75) is 26.2 Å². The van der Waals surface area contributed by atoms with Crippen molar-refractivity contribution in [1.29, 1.82) is 0 Å². The first-order chi connectivity index (χ1) is 10.4. The fourth-order valence-corrected chi connectivity index (χ4v) is 2.87. The molecule has 3 aromatic carbocycles. The molecular weight excluding hydrogens is 685 g/mol. The maximum absolute atomic E-state index is 3.30. The van der Waals surface area contributed by atoms with E-state index in [1.165, 1.54) is 40.7 Å². The van der Waals surface area contributed by atoms with E-state index in [1.807, 2.05) is 6.07 Å². The summed E-state index contributed by atoms with van der Waals surface area (Å²) in [5.41, 5.74) is 6.98. The van der Waals surface area contributed by atoms with Gasteiger partial charge in [-0.3, -0.25) is 0 Å². The largest absolute Gasteiger partial charge is 4.00 e. The molecule has 0 fully saturated rings. The zero-order valence-electron chi connectivity index (χ0n) is 13.7. The van der Waals surface area contributed by atoms with Gasteiger partial charge in [0, 0.05) is 0 Å². The van der Waals surface area contributed by atoms with Crippen LogP contribution in [-0.2, 0) is 38.7 Å². The monoisotopic (exact) mass is 706 g/mol. The average Bonchev–Trinajstić information content (AvgIpc) is 3.15. The average molecular weight is 705 g/mol. The number of hydrogen-bond donors (Lipinski definition) is 0. The molecule has 3 aromatic rings. The van der Waals surface area contributed by atoms with Gasteiger partial charge >= 0.3 is 25.8 Å². The zero-order chi connectivity index (χ0) is 14.5. The SMILES string of the molecule is CCC[c-]1cccc1.[Hf+4].[I-].[I-].[c-]1cccc2c1Cc1ccccc1-2. The first kappa shape index (κ1) is 24.1. The summed E-state index contributed by atoms with van der Waals surface area (Å²) in [6, 6.07) is 26.6. The van der Waals surface area contributed by atoms with E-state index in [4.69, 9.17) is 0 Å². The summed E-state index contributed by atoms with van der Waals surface area (Å²) in [5, 5.41) is 0. The van der Waals surface area contributed by atoms with Gasteiger partial charge in [0.1, 0.15) is 0 Å². The van der Waals surface area contributed by atoms with Crippen LogP contribution in [0.2, 0.25) is 0 Å². The van der Waals surface area contributed by atoms with E-state index in [9.17, 15) is 0 Å². The summed E-state index contributed by atoms with van der Waals surface area (Å²) in [6.07, 6.45) is 3.53. The van der Waals surface area contributed by atoms with Crippen LogP contribution in [0.3, 0.4) is 0 Å². The Morgan fingerprint density at radius 3 is 2.29 bits per heavy atom. The third kappa shape index (κ3) is 6.13. The molecule has 1 aliphatic rings. The van der Waals surface area contributed by atoms with Gasteiger partial charge in [0.2, 0.25) is 0 Å². The topological polar surface area (TPSA) is 0 Å². The maximum atomic E-state index is 3.30. The molecule has 24 heavy (non-hydrogen) atoms. The third-order valence-corrected chi connectivity index (χ3v) is 3.89. The molecule has 0 saturated heterocycles. The minimum Gasteiger partial charge on any atom is -1.00 e. The molecule has 0 bridgehead atoms. The minimum atomic E-state index is 0. The molecule has 0 N–H and O–H groups in total. The predicted molar refractivity (Wildman–Crippen MR) is 89.6 cm³/mol. The first-order valence-electron chi connectivity index (χ1n) is 7.67. The Morgan fingerprint density at radius 2 is 1.58 bits per heavy atom. The van der Waals surface area contributed by atoms with Crippen molar-refractivity contribution >= 4 is 0 Å². The van der Waals surface area contributed by atoms with Crippen LogP contribution in [0.1, 0.15) is 30.0 Å². The smallest absolute Gasteiger partial charge is 1.00 e. The molecule has 0 nitrogen and oxygen atoms in total. The van der Waals surface area contributed by atoms with E-state index in [0.29, 0.717) is 0 Å². The Labute approximate surface area is 198 Å². The summed E-state index contributed by atoms with van der Waals surface area (Å²) >= 11 is 0. The Hall–Kier alpha value is 0.120. The van der Waals surface area contributed by atoms with Gasteiger partial charge in [-0.05, 0) is 6.42 Å². The number of hydrogen-bond acceptors (Lipinski definition) is 0. The Bertz CT molecular complexity index is 662. The molecule has 0 spiro atoms. The van der Waals surface area contributed by atoms with Gasteiger partial charge in [-0.2, -0.15) is 47.5 Å². The van der Waals surface area contributed by atoms with Crippen LogP contribution in [0.4, 0.5) is 0 Å². The number of aryl methyl sites for hydroxylation is 1. The number of fused-ring (bicyclic) bond motifs is 3. The minimum absolute atomic E-state index is 0. The summed E-state index contributed by atoms with van der Waals surface area (Å²) in [7, 11) is 0. The van der Waals surface area contributed by atoms with E-state index in [-0.39, 0.29) is 73.8 Å². The second-order valence-corrected chi connectivity index (χ2v) is 5.44. The fourth-order valence-electron chi connectivity index (χ4n) is 2.87. The van der Waals surface area contributed by atoms with Crippen molar-refractivity contribution < 1.29 is 73.8 Å². The maximum Gasteiger partial charge on any atom is 4.00 e. The van der Waals surface area contributed by atoms with Crippen LogP contribution < -0.4 is 48.0 Å². The van der Waals surface area contributed by atoms with Crippen LogP contribution in [0, 0.1) is 6.07 Å². The second-order valence-electron chi connectivity index (χ2n) is 5.44. The van der Waals surface area contributed by atoms with Crippen LogP contribution in [0.5, 0.6) is 0 Å². The summed E-state index contributed by atoms with van der Waals surface area (Å²) in [4.78, 5) is 0. The summed E-state index contributed by atoms with van der Waals surface area (Å²) < 4.78 is 0. The number of rotatable bonds is 2. The first-order valence-corrected chi connectivity index (χ1v) is 7.67. The van der Waals surface area contributed by atoms with E-state index in [1.54, 1.807) is 0 Å². The Balaban J connectivity index is 0.000000429. The predicted octanol–water partition coefficient (Wildman–Crippen LogP) is -0.579. The summed E-state index contributed by atoms with van der Waals surface area (Å²) in [6.45, 7) is 2.20. The molecular formula is C21H20HfI2. The van der Waals surface area contributed by atoms with E-state index in [0.717, 1.165) is 6.42 Å². The van der Waals surface area contributed by atoms with Gasteiger partial charge in [0.15, 0.2) is 0 Å². The molecule has 0 saturated carbocycles. The van der Waals surface area contributed by atoms with Crippen molar-refractivity contribution in [2.75, 3.05) is 0 Å². The standard InChI is InChI=1S/C13H9.C8H11.Hf.2HI/c1-3-7-12-10(5-1)9-11-6-2-4-8-13(11)12;1-2-5-8-6-3-4-7-8;;;/h1-5,7-8H,9H2;3-4,6-7H,2,5H2,1H3;;2*1H/q2*-1;+4;;/p-2. The van der Waals surface area contributed by atoms with Crippen molar-refractivity contribution in [3.05, 3.63) is 89.5 Å². The van der Waals surface area contributed by atoms with Gasteiger partial charge in [-0.15, -0.1) is 5.56 Å². The Morgan fingerprint density at radius 1 is 0.917 bits per heavy atom. The normalized spacial score (nSPS) is 9.88. The van der Waals surface area contributed by atoms with E-state index >= 15 is 0 Å². The van der Waals surface area contributed by atoms with Crippen LogP contribution in [-0.4, -0.2) is 0 Å². The van der Waals surface area contributed by atoms with Gasteiger partial charge in [-0.25, -0.2) is 12.1 Å². The molecule has 0 atom stereocenters. The molecule has 1 aliphatic carbocycles. The van der Waals surface area contributed by atoms with Gasteiger partial charge in [0.25, 0.3) is 0 Å². The van der Waals surface area contributed by atoms with Crippen molar-refractivity contribution in [2.24, 2.45) is 0 Å². The molecule has 0 aliphatic heterocycles. The van der Waals surface area contributed by atoms with Gasteiger partial charge in [-0.1, -0.05) is 55.2 Å². The van der Waals surface area contributed by atoms with Crippen molar-refractivity contribution in [3.8, 4) is 11.1 Å². The third-order valence-electron chi connectivity index (χ3n) is 3.89. The van der Waals surface area contributed by atoms with Crippen molar-refractivity contribution in [3.63, 3.8) is 0 Å². The quantitative estimate of drug-likeness (QED) is 0.149. The number of benzene rings is 2. The molecule has 4 rings (SSSR count). The number of halogens is 2. The van der Waals surface area contributed by atoms with Crippen molar-refractivity contribution in [1.82, 2.24) is 0 Å². The van der Waals surface area contributed by atoms with Crippen LogP contribution in [0.15, 0.2) is 66.7 Å². The second kappa shape index (κ2) is 12.5. The molecule has 0 radical (unpaired) electrons. The zero-order valence-corrected chi connectivity index (χ0v) is 21.6. The molecule has 0 unspecified atom stereocenters. The molecule has 3 heteroatoms. The molecule has 0 amide bonds. The molecule has 122 valence electrons. The van der Waals surface area contributed by atoms with Crippen LogP contribution >= 0.6 is 0 Å². The molecule has 0 heterocycles. The van der Waals surface area contributed by atoms with E-state index < -0.39 is 0 Å². The van der Waals surface area contributed by atoms with Gasteiger partial charge < -0.3 is 48.0 Å². The fraction of sp³-hybridized carbons (Fsp3) is 0.190. The van der Waals surface area contributed by atoms with Crippen LogP contribution in [0.25, 0.3) is 11.1 Å². The summed E-state index contributed by atoms with van der Waals surface area (Å²) in [5.74, 6) is 0. The molecule has 0 aromatic heterocycles. The van der Waals surface area contributed by atoms with Gasteiger partial charge in [0.05, 0.1) is 0 Å². The Kier molecular flexibility index (Phi) is 12.5.